The highest BCUT2D eigenvalue weighted by molar-refractivity contribution is 5.93. The molecule has 166 valence electrons. The van der Waals surface area contributed by atoms with Crippen LogP contribution < -0.4 is 10.6 Å². The predicted octanol–water partition coefficient (Wildman–Crippen LogP) is 3.53. The van der Waals surface area contributed by atoms with Gasteiger partial charge in [0, 0.05) is 52.3 Å². The quantitative estimate of drug-likeness (QED) is 0.552. The van der Waals surface area contributed by atoms with Crippen molar-refractivity contribution in [3.63, 3.8) is 0 Å². The van der Waals surface area contributed by atoms with Crippen LogP contribution in [0.3, 0.4) is 0 Å². The van der Waals surface area contributed by atoms with Crippen molar-refractivity contribution >= 4 is 11.9 Å². The Balaban J connectivity index is 1.53. The summed E-state index contributed by atoms with van der Waals surface area (Å²) in [7, 11) is 5.30. The maximum atomic E-state index is 12.0. The van der Waals surface area contributed by atoms with Gasteiger partial charge in [0.05, 0.1) is 6.10 Å². The summed E-state index contributed by atoms with van der Waals surface area (Å²) < 4.78 is 6.13. The van der Waals surface area contributed by atoms with Gasteiger partial charge in [-0.1, -0.05) is 42.0 Å². The Morgan fingerprint density at radius 3 is 2.45 bits per heavy atom. The first-order valence-corrected chi connectivity index (χ1v) is 10.9. The van der Waals surface area contributed by atoms with Crippen molar-refractivity contribution in [3.8, 4) is 0 Å². The number of hydrogen-bond acceptors (Lipinski definition) is 3. The van der Waals surface area contributed by atoms with E-state index in [1.54, 1.807) is 26.0 Å². The molecule has 2 aromatic rings. The van der Waals surface area contributed by atoms with Crippen LogP contribution in [0, 0.1) is 12.8 Å². The molecule has 0 radical (unpaired) electrons. The Morgan fingerprint density at radius 2 is 1.81 bits per heavy atom. The Morgan fingerprint density at radius 1 is 1.10 bits per heavy atom. The number of aliphatic imine (C=N–C) groups is 1. The molecule has 0 aliphatic carbocycles. The second-order valence-corrected chi connectivity index (χ2v) is 8.31. The molecule has 1 aliphatic heterocycles. The SMILES string of the molecule is CN=C(NCc1ccc(C(=O)N(C)C)cc1)NCC1CCCOC1c1ccc(C)cc1. The minimum absolute atomic E-state index is 0.00909. The molecule has 0 saturated carbocycles. The van der Waals surface area contributed by atoms with Crippen molar-refractivity contribution in [1.29, 1.82) is 0 Å². The molecule has 2 N–H and O–H groups in total. The van der Waals surface area contributed by atoms with Gasteiger partial charge in [0.25, 0.3) is 5.91 Å². The van der Waals surface area contributed by atoms with Crippen LogP contribution in [0.15, 0.2) is 53.5 Å². The number of nitrogens with zero attached hydrogens (tertiary/aromatic N) is 2. The van der Waals surface area contributed by atoms with Crippen molar-refractivity contribution in [2.45, 2.75) is 32.4 Å². The summed E-state index contributed by atoms with van der Waals surface area (Å²) in [5.41, 5.74) is 4.29. The van der Waals surface area contributed by atoms with E-state index in [0.717, 1.165) is 37.5 Å². The first-order chi connectivity index (χ1) is 15.0. The standard InChI is InChI=1S/C25H34N4O2/c1-18-7-11-20(12-8-18)23-22(6-5-15-31-23)17-28-25(26-2)27-16-19-9-13-21(14-10-19)24(30)29(3)4/h7-14,22-23H,5-6,15-17H2,1-4H3,(H2,26,27,28). The fraction of sp³-hybridized carbons (Fsp3) is 0.440. The van der Waals surface area contributed by atoms with E-state index in [9.17, 15) is 4.79 Å². The molecular formula is C25H34N4O2. The minimum atomic E-state index is 0.00909. The monoisotopic (exact) mass is 422 g/mol. The highest BCUT2D eigenvalue weighted by atomic mass is 16.5. The maximum Gasteiger partial charge on any atom is 0.253 e. The molecule has 1 saturated heterocycles. The Bertz CT molecular complexity index is 875. The number of ether oxygens (including phenoxy) is 1. The van der Waals surface area contributed by atoms with Crippen LogP contribution in [0.5, 0.6) is 0 Å². The van der Waals surface area contributed by atoms with Gasteiger partial charge in [0.15, 0.2) is 5.96 Å². The van der Waals surface area contributed by atoms with E-state index in [1.807, 2.05) is 24.3 Å². The number of carbonyl (C=O) groups excluding carboxylic acids is 1. The highest BCUT2D eigenvalue weighted by Gasteiger charge is 2.27. The number of amides is 1. The summed E-state index contributed by atoms with van der Waals surface area (Å²) >= 11 is 0. The number of guanidine groups is 1. The van der Waals surface area contributed by atoms with Crippen molar-refractivity contribution in [3.05, 3.63) is 70.8 Å². The molecule has 1 amide bonds. The number of hydrogen-bond donors (Lipinski definition) is 2. The lowest BCUT2D eigenvalue weighted by atomic mass is 9.89. The van der Waals surface area contributed by atoms with Crippen molar-refractivity contribution in [2.24, 2.45) is 10.9 Å². The lowest BCUT2D eigenvalue weighted by molar-refractivity contribution is -0.0265. The zero-order valence-electron chi connectivity index (χ0n) is 19.0. The van der Waals surface area contributed by atoms with Crippen molar-refractivity contribution in [2.75, 3.05) is 34.3 Å². The summed E-state index contributed by atoms with van der Waals surface area (Å²) in [6.07, 6.45) is 2.32. The van der Waals surface area contributed by atoms with Crippen LogP contribution in [0.4, 0.5) is 0 Å². The normalized spacial score (nSPS) is 19.0. The first-order valence-electron chi connectivity index (χ1n) is 10.9. The van der Waals surface area contributed by atoms with Crippen LogP contribution in [0.1, 0.15) is 46.0 Å². The summed E-state index contributed by atoms with van der Waals surface area (Å²) in [5, 5.41) is 6.82. The molecule has 3 rings (SSSR count). The molecule has 0 spiro atoms. The third kappa shape index (κ3) is 6.31. The van der Waals surface area contributed by atoms with Gasteiger partial charge in [-0.25, -0.2) is 0 Å². The molecule has 31 heavy (non-hydrogen) atoms. The molecule has 2 aromatic carbocycles. The average molecular weight is 423 g/mol. The number of benzene rings is 2. The van der Waals surface area contributed by atoms with Crippen molar-refractivity contribution in [1.82, 2.24) is 15.5 Å². The van der Waals surface area contributed by atoms with Gasteiger partial charge < -0.3 is 20.3 Å². The van der Waals surface area contributed by atoms with E-state index in [1.165, 1.54) is 11.1 Å². The molecule has 1 heterocycles. The summed E-state index contributed by atoms with van der Waals surface area (Å²) in [4.78, 5) is 18.0. The smallest absolute Gasteiger partial charge is 0.253 e. The van der Waals surface area contributed by atoms with Crippen LogP contribution in [-0.2, 0) is 11.3 Å². The van der Waals surface area contributed by atoms with Gasteiger partial charge in [-0.15, -0.1) is 0 Å². The minimum Gasteiger partial charge on any atom is -0.373 e. The number of aryl methyl sites for hydroxylation is 1. The van der Waals surface area contributed by atoms with Crippen LogP contribution in [0.25, 0.3) is 0 Å². The maximum absolute atomic E-state index is 12.0. The lowest BCUT2D eigenvalue weighted by Crippen LogP contribution is -2.41. The molecule has 2 atom stereocenters. The molecule has 1 fully saturated rings. The molecule has 2 unspecified atom stereocenters. The molecule has 6 nitrogen and oxygen atoms in total. The van der Waals surface area contributed by atoms with Crippen LogP contribution >= 0.6 is 0 Å². The number of rotatable bonds is 6. The van der Waals surface area contributed by atoms with Crippen LogP contribution in [-0.4, -0.2) is 51.1 Å². The van der Waals surface area contributed by atoms with Gasteiger partial charge in [-0.05, 0) is 43.0 Å². The van der Waals surface area contributed by atoms with E-state index >= 15 is 0 Å². The van der Waals surface area contributed by atoms with E-state index in [2.05, 4.69) is 46.8 Å². The van der Waals surface area contributed by atoms with Gasteiger partial charge in [-0.2, -0.15) is 0 Å². The molecule has 6 heteroatoms. The van der Waals surface area contributed by atoms with Crippen LogP contribution in [0.2, 0.25) is 0 Å². The predicted molar refractivity (Wildman–Crippen MR) is 125 cm³/mol. The summed E-state index contributed by atoms with van der Waals surface area (Å²) in [5.74, 6) is 1.17. The second kappa shape index (κ2) is 11.0. The van der Waals surface area contributed by atoms with Crippen molar-refractivity contribution < 1.29 is 9.53 Å². The summed E-state index contributed by atoms with van der Waals surface area (Å²) in [6, 6.07) is 16.3. The topological polar surface area (TPSA) is 66.0 Å². The molecule has 1 aliphatic rings. The molecular weight excluding hydrogens is 388 g/mol. The number of carbonyl (C=O) groups is 1. The average Bonchev–Trinajstić information content (AvgIpc) is 2.80. The highest BCUT2D eigenvalue weighted by Crippen LogP contribution is 2.33. The Kier molecular flexibility index (Phi) is 8.06. The van der Waals surface area contributed by atoms with E-state index in [0.29, 0.717) is 18.0 Å². The van der Waals surface area contributed by atoms with E-state index in [4.69, 9.17) is 4.74 Å². The van der Waals surface area contributed by atoms with Gasteiger partial charge >= 0.3 is 0 Å². The largest absolute Gasteiger partial charge is 0.373 e. The Hall–Kier alpha value is -2.86. The summed E-state index contributed by atoms with van der Waals surface area (Å²) in [6.45, 7) is 4.36. The zero-order chi connectivity index (χ0) is 22.2. The van der Waals surface area contributed by atoms with Gasteiger partial charge in [0.2, 0.25) is 0 Å². The van der Waals surface area contributed by atoms with Gasteiger partial charge in [0.1, 0.15) is 0 Å². The van der Waals surface area contributed by atoms with E-state index in [-0.39, 0.29) is 12.0 Å². The number of nitrogens with one attached hydrogen (secondary N) is 2. The Labute approximate surface area is 185 Å². The fourth-order valence-electron chi connectivity index (χ4n) is 3.83. The lowest BCUT2D eigenvalue weighted by Gasteiger charge is -2.32. The first kappa shape index (κ1) is 22.8. The zero-order valence-corrected chi connectivity index (χ0v) is 19.0. The molecule has 0 aromatic heterocycles. The second-order valence-electron chi connectivity index (χ2n) is 8.31. The van der Waals surface area contributed by atoms with Gasteiger partial charge in [-0.3, -0.25) is 9.79 Å². The molecule has 0 bridgehead atoms. The fourth-order valence-corrected chi connectivity index (χ4v) is 3.83. The van der Waals surface area contributed by atoms with E-state index < -0.39 is 0 Å². The third-order valence-corrected chi connectivity index (χ3v) is 5.67. The third-order valence-electron chi connectivity index (χ3n) is 5.67.